The maximum atomic E-state index is 11.8. The molecule has 1 aliphatic rings. The number of benzene rings is 1. The SMILES string of the molecule is O=C(COC1CCNCC1)Cc1ccc(I)cc1. The molecule has 2 rings (SSSR count). The zero-order chi connectivity index (χ0) is 12.8. The van der Waals surface area contributed by atoms with E-state index in [-0.39, 0.29) is 18.5 Å². The normalized spacial score (nSPS) is 16.7. The molecule has 0 radical (unpaired) electrons. The fourth-order valence-electron chi connectivity index (χ4n) is 2.05. The van der Waals surface area contributed by atoms with Crippen LogP contribution in [0.1, 0.15) is 18.4 Å². The number of nitrogens with one attached hydrogen (secondary N) is 1. The summed E-state index contributed by atoms with van der Waals surface area (Å²) in [6, 6.07) is 8.06. The molecule has 0 bridgehead atoms. The van der Waals surface area contributed by atoms with Crippen LogP contribution in [0.25, 0.3) is 0 Å². The maximum Gasteiger partial charge on any atom is 0.162 e. The second-order valence-electron chi connectivity index (χ2n) is 4.60. The van der Waals surface area contributed by atoms with E-state index in [1.807, 2.05) is 24.3 Å². The molecule has 0 amide bonds. The van der Waals surface area contributed by atoms with Gasteiger partial charge >= 0.3 is 0 Å². The van der Waals surface area contributed by atoms with Gasteiger partial charge in [0.05, 0.1) is 6.10 Å². The molecule has 98 valence electrons. The Morgan fingerprint density at radius 3 is 2.61 bits per heavy atom. The van der Waals surface area contributed by atoms with Crippen LogP contribution >= 0.6 is 22.6 Å². The molecule has 1 aromatic carbocycles. The topological polar surface area (TPSA) is 38.3 Å². The molecule has 18 heavy (non-hydrogen) atoms. The van der Waals surface area contributed by atoms with E-state index in [1.54, 1.807) is 0 Å². The van der Waals surface area contributed by atoms with Crippen molar-refractivity contribution in [1.29, 1.82) is 0 Å². The first-order valence-electron chi connectivity index (χ1n) is 6.32. The highest BCUT2D eigenvalue weighted by Crippen LogP contribution is 2.09. The lowest BCUT2D eigenvalue weighted by Crippen LogP contribution is -2.33. The summed E-state index contributed by atoms with van der Waals surface area (Å²) in [7, 11) is 0. The summed E-state index contributed by atoms with van der Waals surface area (Å²) in [5.74, 6) is 0.162. The zero-order valence-corrected chi connectivity index (χ0v) is 12.5. The third-order valence-corrected chi connectivity index (χ3v) is 3.80. The van der Waals surface area contributed by atoms with E-state index in [4.69, 9.17) is 4.74 Å². The van der Waals surface area contributed by atoms with E-state index in [0.717, 1.165) is 31.5 Å². The first-order chi connectivity index (χ1) is 8.74. The molecule has 1 aromatic rings. The number of halogens is 1. The van der Waals surface area contributed by atoms with Crippen LogP contribution in [-0.2, 0) is 16.0 Å². The summed E-state index contributed by atoms with van der Waals surface area (Å²) in [5, 5.41) is 3.28. The van der Waals surface area contributed by atoms with Crippen molar-refractivity contribution >= 4 is 28.4 Å². The Balaban J connectivity index is 1.73. The van der Waals surface area contributed by atoms with Gasteiger partial charge in [0.2, 0.25) is 0 Å². The predicted molar refractivity (Wildman–Crippen MR) is 79.7 cm³/mol. The van der Waals surface area contributed by atoms with Gasteiger partial charge in [0.25, 0.3) is 0 Å². The Labute approximate surface area is 121 Å². The summed E-state index contributed by atoms with van der Waals surface area (Å²) in [4.78, 5) is 11.8. The van der Waals surface area contributed by atoms with E-state index < -0.39 is 0 Å². The average Bonchev–Trinajstić information content (AvgIpc) is 2.40. The van der Waals surface area contributed by atoms with E-state index in [0.29, 0.717) is 6.42 Å². The highest BCUT2D eigenvalue weighted by atomic mass is 127. The second-order valence-corrected chi connectivity index (χ2v) is 5.85. The van der Waals surface area contributed by atoms with Gasteiger partial charge in [0.1, 0.15) is 6.61 Å². The van der Waals surface area contributed by atoms with Crippen molar-refractivity contribution in [2.24, 2.45) is 0 Å². The summed E-state index contributed by atoms with van der Waals surface area (Å²) in [6.45, 7) is 2.24. The minimum Gasteiger partial charge on any atom is -0.370 e. The fourth-order valence-corrected chi connectivity index (χ4v) is 2.41. The first-order valence-corrected chi connectivity index (χ1v) is 7.40. The van der Waals surface area contributed by atoms with Crippen LogP contribution in [0.2, 0.25) is 0 Å². The lowest BCUT2D eigenvalue weighted by atomic mass is 10.1. The van der Waals surface area contributed by atoms with Crippen LogP contribution in [0.4, 0.5) is 0 Å². The van der Waals surface area contributed by atoms with E-state index in [9.17, 15) is 4.79 Å². The van der Waals surface area contributed by atoms with E-state index in [2.05, 4.69) is 27.9 Å². The first kappa shape index (κ1) is 14.0. The second kappa shape index (κ2) is 7.21. The van der Waals surface area contributed by atoms with Crippen molar-refractivity contribution in [3.8, 4) is 0 Å². The lowest BCUT2D eigenvalue weighted by Gasteiger charge is -2.22. The number of carbonyl (C=O) groups is 1. The third kappa shape index (κ3) is 4.66. The molecule has 1 saturated heterocycles. The van der Waals surface area contributed by atoms with Gasteiger partial charge in [-0.05, 0) is 66.2 Å². The minimum atomic E-state index is 0.162. The number of piperidine rings is 1. The molecule has 4 heteroatoms. The van der Waals surface area contributed by atoms with Gasteiger partial charge in [-0.1, -0.05) is 12.1 Å². The van der Waals surface area contributed by atoms with Crippen molar-refractivity contribution < 1.29 is 9.53 Å². The van der Waals surface area contributed by atoms with Gasteiger partial charge in [-0.2, -0.15) is 0 Å². The van der Waals surface area contributed by atoms with Crippen LogP contribution in [0.5, 0.6) is 0 Å². The Morgan fingerprint density at radius 2 is 1.94 bits per heavy atom. The van der Waals surface area contributed by atoms with Crippen LogP contribution in [-0.4, -0.2) is 31.6 Å². The molecule has 1 N–H and O–H groups in total. The molecule has 1 heterocycles. The summed E-state index contributed by atoms with van der Waals surface area (Å²) in [5.41, 5.74) is 1.06. The van der Waals surface area contributed by atoms with Crippen molar-refractivity contribution in [3.05, 3.63) is 33.4 Å². The summed E-state index contributed by atoms with van der Waals surface area (Å²) < 4.78 is 6.84. The molecular formula is C14H18INO2. The number of hydrogen-bond acceptors (Lipinski definition) is 3. The molecule has 3 nitrogen and oxygen atoms in total. The van der Waals surface area contributed by atoms with Gasteiger partial charge in [-0.3, -0.25) is 4.79 Å². The monoisotopic (exact) mass is 359 g/mol. The van der Waals surface area contributed by atoms with Crippen molar-refractivity contribution in [1.82, 2.24) is 5.32 Å². The van der Waals surface area contributed by atoms with Crippen LogP contribution in [0, 0.1) is 3.57 Å². The number of hydrogen-bond donors (Lipinski definition) is 1. The van der Waals surface area contributed by atoms with Crippen LogP contribution < -0.4 is 5.32 Å². The number of carbonyl (C=O) groups excluding carboxylic acids is 1. The largest absolute Gasteiger partial charge is 0.370 e. The summed E-state index contributed by atoms with van der Waals surface area (Å²) >= 11 is 2.26. The molecule has 0 aliphatic carbocycles. The lowest BCUT2D eigenvalue weighted by molar-refractivity contribution is -0.125. The molecular weight excluding hydrogens is 341 g/mol. The highest BCUT2D eigenvalue weighted by Gasteiger charge is 2.14. The third-order valence-electron chi connectivity index (χ3n) is 3.08. The van der Waals surface area contributed by atoms with Gasteiger partial charge in [0.15, 0.2) is 5.78 Å². The molecule has 1 fully saturated rings. The Hall–Kier alpha value is -0.460. The standard InChI is InChI=1S/C14H18INO2/c15-12-3-1-11(2-4-12)9-13(17)10-18-14-5-7-16-8-6-14/h1-4,14,16H,5-10H2. The predicted octanol–water partition coefficient (Wildman–Crippen LogP) is 2.17. The van der Waals surface area contributed by atoms with Crippen molar-refractivity contribution in [2.75, 3.05) is 19.7 Å². The molecule has 0 aromatic heterocycles. The van der Waals surface area contributed by atoms with Gasteiger partial charge in [-0.25, -0.2) is 0 Å². The summed E-state index contributed by atoms with van der Waals surface area (Å²) in [6.07, 6.45) is 2.75. The van der Waals surface area contributed by atoms with Crippen LogP contribution in [0.3, 0.4) is 0 Å². The van der Waals surface area contributed by atoms with Gasteiger partial charge < -0.3 is 10.1 Å². The molecule has 0 atom stereocenters. The molecule has 0 spiro atoms. The Kier molecular flexibility index (Phi) is 5.59. The fraction of sp³-hybridized carbons (Fsp3) is 0.500. The molecule has 0 unspecified atom stereocenters. The smallest absolute Gasteiger partial charge is 0.162 e. The molecule has 1 aliphatic heterocycles. The zero-order valence-electron chi connectivity index (χ0n) is 10.3. The van der Waals surface area contributed by atoms with Crippen molar-refractivity contribution in [2.45, 2.75) is 25.4 Å². The highest BCUT2D eigenvalue weighted by molar-refractivity contribution is 14.1. The maximum absolute atomic E-state index is 11.8. The number of ether oxygens (including phenoxy) is 1. The van der Waals surface area contributed by atoms with Gasteiger partial charge in [-0.15, -0.1) is 0 Å². The number of ketones is 1. The van der Waals surface area contributed by atoms with E-state index >= 15 is 0 Å². The van der Waals surface area contributed by atoms with Crippen molar-refractivity contribution in [3.63, 3.8) is 0 Å². The van der Waals surface area contributed by atoms with Crippen LogP contribution in [0.15, 0.2) is 24.3 Å². The van der Waals surface area contributed by atoms with Gasteiger partial charge in [0, 0.05) is 9.99 Å². The Bertz CT molecular complexity index is 385. The minimum absolute atomic E-state index is 0.162. The molecule has 0 saturated carbocycles. The average molecular weight is 359 g/mol. The number of Topliss-reactive ketones (excluding diaryl/α,β-unsaturated/α-hetero) is 1. The quantitative estimate of drug-likeness (QED) is 0.819. The Morgan fingerprint density at radius 1 is 1.28 bits per heavy atom. The van der Waals surface area contributed by atoms with E-state index in [1.165, 1.54) is 3.57 Å². The number of rotatable bonds is 5.